The van der Waals surface area contributed by atoms with E-state index in [1.807, 2.05) is 0 Å². The maximum Gasteiger partial charge on any atom is 0.166 e. The highest BCUT2D eigenvalue weighted by Crippen LogP contribution is 2.37. The van der Waals surface area contributed by atoms with Crippen LogP contribution < -0.4 is 10.5 Å². The van der Waals surface area contributed by atoms with Crippen molar-refractivity contribution in [3.63, 3.8) is 0 Å². The Hall–Kier alpha value is -0.810. The van der Waals surface area contributed by atoms with Crippen molar-refractivity contribution in [1.82, 2.24) is 0 Å². The van der Waals surface area contributed by atoms with Crippen molar-refractivity contribution in [2.24, 2.45) is 5.73 Å². The number of halogens is 4. The fourth-order valence-corrected chi connectivity index (χ4v) is 2.42. The zero-order chi connectivity index (χ0) is 14.9. The van der Waals surface area contributed by atoms with Crippen molar-refractivity contribution >= 4 is 39.1 Å². The first kappa shape index (κ1) is 15.6. The number of benzene rings is 2. The second kappa shape index (κ2) is 6.31. The van der Waals surface area contributed by atoms with Crippen molar-refractivity contribution < 1.29 is 9.13 Å². The van der Waals surface area contributed by atoms with E-state index in [-0.39, 0.29) is 17.5 Å². The summed E-state index contributed by atoms with van der Waals surface area (Å²) in [6.07, 6.45) is 0. The number of rotatable bonds is 3. The summed E-state index contributed by atoms with van der Waals surface area (Å²) >= 11 is 15.2. The molecule has 0 aromatic heterocycles. The molecule has 0 saturated heterocycles. The smallest absolute Gasteiger partial charge is 0.166 e. The van der Waals surface area contributed by atoms with Gasteiger partial charge in [0.25, 0.3) is 0 Å². The van der Waals surface area contributed by atoms with Crippen LogP contribution in [0.2, 0.25) is 10.0 Å². The van der Waals surface area contributed by atoms with Crippen LogP contribution in [0.15, 0.2) is 34.8 Å². The van der Waals surface area contributed by atoms with Gasteiger partial charge in [-0.2, -0.15) is 0 Å². The lowest BCUT2D eigenvalue weighted by molar-refractivity contribution is 0.441. The first-order valence-electron chi connectivity index (χ1n) is 5.76. The molecule has 2 aromatic carbocycles. The molecule has 1 atom stereocenters. The molecule has 2 aromatic rings. The molecule has 0 unspecified atom stereocenters. The molecule has 0 radical (unpaired) electrons. The van der Waals surface area contributed by atoms with E-state index in [0.29, 0.717) is 20.1 Å². The van der Waals surface area contributed by atoms with E-state index in [0.717, 1.165) is 0 Å². The molecule has 0 aliphatic heterocycles. The van der Waals surface area contributed by atoms with Gasteiger partial charge in [0.1, 0.15) is 5.75 Å². The first-order valence-corrected chi connectivity index (χ1v) is 7.31. The van der Waals surface area contributed by atoms with E-state index >= 15 is 0 Å². The summed E-state index contributed by atoms with van der Waals surface area (Å²) in [6, 6.07) is 7.43. The molecule has 2 N–H and O–H groups in total. The van der Waals surface area contributed by atoms with Crippen molar-refractivity contribution in [2.45, 2.75) is 13.0 Å². The lowest BCUT2D eigenvalue weighted by atomic mass is 10.1. The molecule has 2 nitrogen and oxygen atoms in total. The Morgan fingerprint density at radius 2 is 1.85 bits per heavy atom. The zero-order valence-corrected chi connectivity index (χ0v) is 13.6. The quantitative estimate of drug-likeness (QED) is 0.694. The van der Waals surface area contributed by atoms with Crippen LogP contribution in [0.25, 0.3) is 0 Å². The van der Waals surface area contributed by atoms with E-state index in [9.17, 15) is 4.39 Å². The molecule has 0 saturated carbocycles. The van der Waals surface area contributed by atoms with Crippen LogP contribution in [0.5, 0.6) is 11.5 Å². The fraction of sp³-hybridized carbons (Fsp3) is 0.143. The molecule has 6 heteroatoms. The van der Waals surface area contributed by atoms with Gasteiger partial charge in [0.05, 0.1) is 10.0 Å². The third-order valence-corrected chi connectivity index (χ3v) is 4.17. The van der Waals surface area contributed by atoms with Crippen molar-refractivity contribution in [3.8, 4) is 11.5 Å². The molecule has 20 heavy (non-hydrogen) atoms. The second-order valence-electron chi connectivity index (χ2n) is 4.28. The fourth-order valence-electron chi connectivity index (χ4n) is 1.58. The number of ether oxygens (including phenoxy) is 1. The Kier molecular flexibility index (Phi) is 4.91. The van der Waals surface area contributed by atoms with E-state index in [1.165, 1.54) is 18.2 Å². The van der Waals surface area contributed by atoms with Gasteiger partial charge < -0.3 is 10.5 Å². The van der Waals surface area contributed by atoms with Crippen LogP contribution >= 0.6 is 39.1 Å². The van der Waals surface area contributed by atoms with Crippen molar-refractivity contribution in [2.75, 3.05) is 0 Å². The normalized spacial score (nSPS) is 12.3. The minimum Gasteiger partial charge on any atom is -0.453 e. The molecule has 0 aliphatic carbocycles. The molecule has 0 spiro atoms. The van der Waals surface area contributed by atoms with Crippen molar-refractivity contribution in [1.29, 1.82) is 0 Å². The molecule has 0 bridgehead atoms. The summed E-state index contributed by atoms with van der Waals surface area (Å²) < 4.78 is 20.0. The Bertz CT molecular complexity index is 649. The Morgan fingerprint density at radius 1 is 1.15 bits per heavy atom. The monoisotopic (exact) mass is 377 g/mol. The van der Waals surface area contributed by atoms with E-state index in [2.05, 4.69) is 15.9 Å². The van der Waals surface area contributed by atoms with Gasteiger partial charge in [-0.3, -0.25) is 0 Å². The zero-order valence-electron chi connectivity index (χ0n) is 10.5. The lowest BCUT2D eigenvalue weighted by Crippen LogP contribution is -2.05. The first-order chi connectivity index (χ1) is 9.38. The number of nitrogens with two attached hydrogens (primary N) is 1. The molecule has 0 aliphatic rings. The summed E-state index contributed by atoms with van der Waals surface area (Å²) in [4.78, 5) is 0. The molecular weight excluding hydrogens is 368 g/mol. The van der Waals surface area contributed by atoms with E-state index in [4.69, 9.17) is 33.7 Å². The topological polar surface area (TPSA) is 35.2 Å². The predicted octanol–water partition coefficient (Wildman–Crippen LogP) is 5.71. The van der Waals surface area contributed by atoms with Crippen LogP contribution in [-0.4, -0.2) is 0 Å². The summed E-state index contributed by atoms with van der Waals surface area (Å²) in [5.41, 5.74) is 6.38. The predicted molar refractivity (Wildman–Crippen MR) is 83.2 cm³/mol. The average Bonchev–Trinajstić information content (AvgIpc) is 2.37. The van der Waals surface area contributed by atoms with Gasteiger partial charge in [0.2, 0.25) is 0 Å². The van der Waals surface area contributed by atoms with Gasteiger partial charge in [-0.05, 0) is 46.6 Å². The molecule has 0 fully saturated rings. The summed E-state index contributed by atoms with van der Waals surface area (Å²) in [5, 5.41) is 0.758. The van der Waals surface area contributed by atoms with Crippen LogP contribution in [-0.2, 0) is 0 Å². The average molecular weight is 379 g/mol. The van der Waals surface area contributed by atoms with E-state index in [1.54, 1.807) is 19.1 Å². The summed E-state index contributed by atoms with van der Waals surface area (Å²) in [7, 11) is 0. The largest absolute Gasteiger partial charge is 0.453 e. The highest BCUT2D eigenvalue weighted by atomic mass is 79.9. The third kappa shape index (κ3) is 3.44. The minimum atomic E-state index is -0.505. The van der Waals surface area contributed by atoms with Crippen LogP contribution in [0.4, 0.5) is 4.39 Å². The highest BCUT2D eigenvalue weighted by Gasteiger charge is 2.12. The Balaban J connectivity index is 2.33. The SMILES string of the molecule is C[C@H](N)c1ccc(Oc2cc(Cl)c(Br)cc2Cl)c(F)c1. The maximum atomic E-state index is 13.9. The van der Waals surface area contributed by atoms with Crippen LogP contribution in [0, 0.1) is 5.82 Å². The van der Waals surface area contributed by atoms with Gasteiger partial charge >= 0.3 is 0 Å². The van der Waals surface area contributed by atoms with Gasteiger partial charge in [-0.25, -0.2) is 4.39 Å². The van der Waals surface area contributed by atoms with Crippen LogP contribution in [0.3, 0.4) is 0 Å². The Morgan fingerprint density at radius 3 is 2.45 bits per heavy atom. The molecule has 0 heterocycles. The standard InChI is InChI=1S/C14H11BrCl2FNO/c1-7(19)8-2-3-13(12(18)4-8)20-14-6-10(16)9(15)5-11(14)17/h2-7H,19H2,1H3/t7-/m0/s1. The summed E-state index contributed by atoms with van der Waals surface area (Å²) in [5.74, 6) is -0.156. The highest BCUT2D eigenvalue weighted by molar-refractivity contribution is 9.10. The molecular formula is C14H11BrCl2FNO. The number of hydrogen-bond donors (Lipinski definition) is 1. The van der Waals surface area contributed by atoms with E-state index < -0.39 is 5.82 Å². The molecule has 0 amide bonds. The van der Waals surface area contributed by atoms with Crippen molar-refractivity contribution in [3.05, 3.63) is 56.2 Å². The van der Waals surface area contributed by atoms with Gasteiger partial charge in [-0.1, -0.05) is 29.3 Å². The Labute approximate surface area is 134 Å². The second-order valence-corrected chi connectivity index (χ2v) is 5.95. The summed E-state index contributed by atoms with van der Waals surface area (Å²) in [6.45, 7) is 1.78. The maximum absolute atomic E-state index is 13.9. The molecule has 106 valence electrons. The van der Waals surface area contributed by atoms with Crippen LogP contribution in [0.1, 0.15) is 18.5 Å². The molecule has 2 rings (SSSR count). The van der Waals surface area contributed by atoms with Gasteiger partial charge in [-0.15, -0.1) is 0 Å². The lowest BCUT2D eigenvalue weighted by Gasteiger charge is -2.12. The minimum absolute atomic E-state index is 0.0645. The number of hydrogen-bond acceptors (Lipinski definition) is 2. The third-order valence-electron chi connectivity index (χ3n) is 2.68. The van der Waals surface area contributed by atoms with Gasteiger partial charge in [0.15, 0.2) is 11.6 Å². The van der Waals surface area contributed by atoms with Gasteiger partial charge in [0, 0.05) is 16.6 Å².